The van der Waals surface area contributed by atoms with E-state index >= 15 is 0 Å². The minimum absolute atomic E-state index is 1.17. The van der Waals surface area contributed by atoms with E-state index < -0.39 is 0 Å². The van der Waals surface area contributed by atoms with Crippen LogP contribution in [0, 0.1) is 6.92 Å². The van der Waals surface area contributed by atoms with Crippen molar-refractivity contribution in [1.29, 1.82) is 0 Å². The monoisotopic (exact) mass is 509 g/mol. The third-order valence-corrected chi connectivity index (χ3v) is 8.23. The largest absolute Gasteiger partial charge is 0.309 e. The number of benzene rings is 7. The molecular formula is C39H27N. The number of aryl methyl sites for hydroxylation is 1. The smallest absolute Gasteiger partial charge is 0.0541 e. The van der Waals surface area contributed by atoms with Crippen LogP contribution in [0.25, 0.3) is 71.3 Å². The molecule has 0 atom stereocenters. The Morgan fingerprint density at radius 2 is 0.825 bits per heavy atom. The highest BCUT2D eigenvalue weighted by Crippen LogP contribution is 2.44. The normalized spacial score (nSPS) is 11.6. The van der Waals surface area contributed by atoms with Crippen molar-refractivity contribution in [2.45, 2.75) is 6.92 Å². The number of hydrogen-bond acceptors (Lipinski definition) is 0. The number of para-hydroxylation sites is 2. The Hall–Kier alpha value is -5.14. The van der Waals surface area contributed by atoms with Gasteiger partial charge < -0.3 is 4.57 Å². The highest BCUT2D eigenvalue weighted by Gasteiger charge is 2.17. The topological polar surface area (TPSA) is 4.93 Å². The summed E-state index contributed by atoms with van der Waals surface area (Å²) in [6.07, 6.45) is 0. The number of nitrogens with zero attached hydrogens (tertiary/aromatic N) is 1. The first-order valence-corrected chi connectivity index (χ1v) is 13.9. The predicted molar refractivity (Wildman–Crippen MR) is 171 cm³/mol. The number of rotatable bonds is 3. The molecule has 0 bridgehead atoms. The van der Waals surface area contributed by atoms with Gasteiger partial charge in [0.2, 0.25) is 0 Å². The maximum Gasteiger partial charge on any atom is 0.0541 e. The first kappa shape index (κ1) is 22.8. The van der Waals surface area contributed by atoms with Crippen LogP contribution in [0.4, 0.5) is 0 Å². The van der Waals surface area contributed by atoms with Gasteiger partial charge in [0, 0.05) is 16.5 Å². The van der Waals surface area contributed by atoms with Crippen LogP contribution >= 0.6 is 0 Å². The van der Waals surface area contributed by atoms with Crippen molar-refractivity contribution in [2.75, 3.05) is 0 Å². The van der Waals surface area contributed by atoms with Crippen LogP contribution in [-0.2, 0) is 0 Å². The highest BCUT2D eigenvalue weighted by molar-refractivity contribution is 6.21. The molecule has 0 aliphatic rings. The van der Waals surface area contributed by atoms with Crippen LogP contribution in [0.5, 0.6) is 0 Å². The van der Waals surface area contributed by atoms with Crippen LogP contribution < -0.4 is 0 Å². The summed E-state index contributed by atoms with van der Waals surface area (Å²) in [7, 11) is 0. The second kappa shape index (κ2) is 8.97. The maximum absolute atomic E-state index is 2.38. The first-order chi connectivity index (χ1) is 19.8. The third kappa shape index (κ3) is 3.41. The Morgan fingerprint density at radius 3 is 1.32 bits per heavy atom. The molecule has 0 N–H and O–H groups in total. The van der Waals surface area contributed by atoms with Crippen molar-refractivity contribution in [1.82, 2.24) is 4.57 Å². The van der Waals surface area contributed by atoms with Gasteiger partial charge in [-0.2, -0.15) is 0 Å². The van der Waals surface area contributed by atoms with E-state index in [1.807, 2.05) is 0 Å². The SMILES string of the molecule is Cc1cccc(-c2c3ccccc3c(-c3ccc(-n4c5ccccc5c5ccccc54)cc3)c3ccccc23)c1. The summed E-state index contributed by atoms with van der Waals surface area (Å²) in [6, 6.07) is 53.1. The van der Waals surface area contributed by atoms with Gasteiger partial charge in [0.25, 0.3) is 0 Å². The molecule has 0 fully saturated rings. The quantitative estimate of drug-likeness (QED) is 0.209. The molecule has 0 saturated carbocycles. The van der Waals surface area contributed by atoms with E-state index in [9.17, 15) is 0 Å². The lowest BCUT2D eigenvalue weighted by Crippen LogP contribution is -1.94. The molecular weight excluding hydrogens is 482 g/mol. The molecule has 0 unspecified atom stereocenters. The lowest BCUT2D eigenvalue weighted by atomic mass is 9.86. The van der Waals surface area contributed by atoms with E-state index in [2.05, 4.69) is 157 Å². The lowest BCUT2D eigenvalue weighted by molar-refractivity contribution is 1.18. The van der Waals surface area contributed by atoms with Crippen molar-refractivity contribution >= 4 is 43.4 Å². The molecule has 0 radical (unpaired) electrons. The van der Waals surface area contributed by atoms with Gasteiger partial charge in [-0.25, -0.2) is 0 Å². The van der Waals surface area contributed by atoms with Gasteiger partial charge in [0.1, 0.15) is 0 Å². The molecule has 188 valence electrons. The zero-order valence-electron chi connectivity index (χ0n) is 22.3. The second-order valence-electron chi connectivity index (χ2n) is 10.6. The van der Waals surface area contributed by atoms with E-state index in [4.69, 9.17) is 0 Å². The summed E-state index contributed by atoms with van der Waals surface area (Å²) < 4.78 is 2.38. The molecule has 1 heterocycles. The fourth-order valence-electron chi connectivity index (χ4n) is 6.53. The zero-order valence-corrected chi connectivity index (χ0v) is 22.3. The van der Waals surface area contributed by atoms with Crippen LogP contribution in [0.1, 0.15) is 5.56 Å². The Morgan fingerprint density at radius 1 is 0.375 bits per heavy atom. The molecule has 0 spiro atoms. The Labute approximate surface area is 233 Å². The molecule has 1 heteroatoms. The molecule has 7 aromatic carbocycles. The van der Waals surface area contributed by atoms with Crippen LogP contribution in [0.2, 0.25) is 0 Å². The van der Waals surface area contributed by atoms with Crippen molar-refractivity contribution in [3.63, 3.8) is 0 Å². The summed E-state index contributed by atoms with van der Waals surface area (Å²) in [6.45, 7) is 2.17. The summed E-state index contributed by atoms with van der Waals surface area (Å²) in [5.74, 6) is 0. The summed E-state index contributed by atoms with van der Waals surface area (Å²) in [5.41, 5.74) is 10.00. The first-order valence-electron chi connectivity index (χ1n) is 13.9. The van der Waals surface area contributed by atoms with Crippen LogP contribution in [-0.4, -0.2) is 4.57 Å². The van der Waals surface area contributed by atoms with Crippen molar-refractivity contribution in [3.05, 3.63) is 151 Å². The van der Waals surface area contributed by atoms with Gasteiger partial charge in [-0.15, -0.1) is 0 Å². The van der Waals surface area contributed by atoms with Crippen molar-refractivity contribution in [3.8, 4) is 27.9 Å². The molecule has 1 aromatic heterocycles. The van der Waals surface area contributed by atoms with Gasteiger partial charge in [-0.05, 0) is 75.0 Å². The average molecular weight is 510 g/mol. The number of fused-ring (bicyclic) bond motifs is 5. The predicted octanol–water partition coefficient (Wildman–Crippen LogP) is 10.7. The van der Waals surface area contributed by atoms with E-state index in [1.165, 1.54) is 76.9 Å². The van der Waals surface area contributed by atoms with Gasteiger partial charge in [0.15, 0.2) is 0 Å². The minimum atomic E-state index is 1.17. The molecule has 0 saturated heterocycles. The fraction of sp³-hybridized carbons (Fsp3) is 0.0256. The average Bonchev–Trinajstić information content (AvgIpc) is 3.34. The highest BCUT2D eigenvalue weighted by atomic mass is 15.0. The summed E-state index contributed by atoms with van der Waals surface area (Å²) in [4.78, 5) is 0. The van der Waals surface area contributed by atoms with Gasteiger partial charge in [-0.3, -0.25) is 0 Å². The molecule has 0 amide bonds. The summed E-state index contributed by atoms with van der Waals surface area (Å²) in [5, 5.41) is 7.70. The molecule has 40 heavy (non-hydrogen) atoms. The fourth-order valence-corrected chi connectivity index (χ4v) is 6.53. The van der Waals surface area contributed by atoms with E-state index in [0.29, 0.717) is 0 Å². The van der Waals surface area contributed by atoms with E-state index in [0.717, 1.165) is 0 Å². The van der Waals surface area contributed by atoms with E-state index in [-0.39, 0.29) is 0 Å². The third-order valence-electron chi connectivity index (χ3n) is 8.23. The van der Waals surface area contributed by atoms with Crippen LogP contribution in [0.15, 0.2) is 146 Å². The molecule has 0 aliphatic carbocycles. The molecule has 1 nitrogen and oxygen atoms in total. The lowest BCUT2D eigenvalue weighted by Gasteiger charge is -2.18. The standard InChI is InChI=1S/C39H27N/c1-26-11-10-12-28(25-26)39-34-17-4-2-15-32(34)38(33-16-3-5-18-35(33)39)27-21-23-29(24-22-27)40-36-19-8-6-13-30(36)31-14-7-9-20-37(31)40/h2-25H,1H3. The number of hydrogen-bond donors (Lipinski definition) is 0. The van der Waals surface area contributed by atoms with Crippen molar-refractivity contribution < 1.29 is 0 Å². The van der Waals surface area contributed by atoms with Crippen LogP contribution in [0.3, 0.4) is 0 Å². The van der Waals surface area contributed by atoms with Crippen molar-refractivity contribution in [2.24, 2.45) is 0 Å². The Bertz CT molecular complexity index is 2100. The Balaban J connectivity index is 1.38. The van der Waals surface area contributed by atoms with Gasteiger partial charge >= 0.3 is 0 Å². The summed E-state index contributed by atoms with van der Waals surface area (Å²) >= 11 is 0. The molecule has 8 aromatic rings. The van der Waals surface area contributed by atoms with Gasteiger partial charge in [0.05, 0.1) is 11.0 Å². The van der Waals surface area contributed by atoms with E-state index in [1.54, 1.807) is 0 Å². The minimum Gasteiger partial charge on any atom is -0.309 e. The number of aromatic nitrogens is 1. The zero-order chi connectivity index (χ0) is 26.6. The Kier molecular flexibility index (Phi) is 5.11. The maximum atomic E-state index is 2.38. The molecule has 0 aliphatic heterocycles. The molecule has 8 rings (SSSR count). The van der Waals surface area contributed by atoms with Gasteiger partial charge in [-0.1, -0.05) is 127 Å². The second-order valence-corrected chi connectivity index (χ2v) is 10.6.